The second-order valence-corrected chi connectivity index (χ2v) is 9.47. The van der Waals surface area contributed by atoms with Crippen LogP contribution in [0.2, 0.25) is 0 Å². The number of aromatic nitrogens is 2. The van der Waals surface area contributed by atoms with Crippen LogP contribution in [0.1, 0.15) is 27.1 Å². The number of hydrogen-bond acceptors (Lipinski definition) is 6. The van der Waals surface area contributed by atoms with Crippen LogP contribution in [0, 0.1) is 27.7 Å². The molecular formula is C23H22N2O3S2. The summed E-state index contributed by atoms with van der Waals surface area (Å²) < 4.78 is 7.13. The van der Waals surface area contributed by atoms with Crippen molar-refractivity contribution in [2.24, 2.45) is 0 Å². The van der Waals surface area contributed by atoms with E-state index in [0.717, 1.165) is 37.3 Å². The van der Waals surface area contributed by atoms with E-state index in [4.69, 9.17) is 9.40 Å². The maximum Gasteiger partial charge on any atom is 0.336 e. The second kappa shape index (κ2) is 7.89. The molecule has 3 aromatic heterocycles. The van der Waals surface area contributed by atoms with Gasteiger partial charge in [0, 0.05) is 28.6 Å². The Morgan fingerprint density at radius 1 is 1.20 bits per heavy atom. The van der Waals surface area contributed by atoms with Crippen LogP contribution in [0.25, 0.3) is 21.2 Å². The molecule has 0 aliphatic rings. The molecule has 0 aliphatic carbocycles. The van der Waals surface area contributed by atoms with Gasteiger partial charge in [0.25, 0.3) is 5.56 Å². The van der Waals surface area contributed by atoms with Crippen molar-refractivity contribution in [3.8, 4) is 0 Å². The number of benzene rings is 1. The summed E-state index contributed by atoms with van der Waals surface area (Å²) in [4.78, 5) is 31.9. The standard InChI is InChI=1S/C23H22N2O3S2/c1-6-9-25-22(27)19-14(4)15(5)30-21(19)24-23(25)29-11-16-10-18(26)28-20-13(3)12(2)7-8-17(16)20/h6-8,10H,1,9,11H2,2-5H3. The maximum absolute atomic E-state index is 13.1. The average molecular weight is 439 g/mol. The number of allylic oxidation sites excluding steroid dienone is 1. The van der Waals surface area contributed by atoms with Crippen LogP contribution < -0.4 is 11.2 Å². The molecule has 0 atom stereocenters. The topological polar surface area (TPSA) is 65.1 Å². The molecule has 0 saturated carbocycles. The summed E-state index contributed by atoms with van der Waals surface area (Å²) in [6, 6.07) is 5.54. The normalized spacial score (nSPS) is 11.5. The van der Waals surface area contributed by atoms with E-state index in [1.54, 1.807) is 10.6 Å². The molecule has 7 heteroatoms. The van der Waals surface area contributed by atoms with Crippen LogP contribution in [-0.4, -0.2) is 9.55 Å². The number of thioether (sulfide) groups is 1. The SMILES string of the molecule is C=CCn1c(SCc2cc(=O)oc3c(C)c(C)ccc23)nc2sc(C)c(C)c2c1=O. The molecule has 0 spiro atoms. The smallest absolute Gasteiger partial charge is 0.336 e. The largest absolute Gasteiger partial charge is 0.422 e. The van der Waals surface area contributed by atoms with Gasteiger partial charge < -0.3 is 4.42 Å². The Morgan fingerprint density at radius 2 is 1.97 bits per heavy atom. The van der Waals surface area contributed by atoms with Crippen molar-refractivity contribution >= 4 is 44.3 Å². The summed E-state index contributed by atoms with van der Waals surface area (Å²) in [7, 11) is 0. The van der Waals surface area contributed by atoms with E-state index >= 15 is 0 Å². The van der Waals surface area contributed by atoms with Gasteiger partial charge in [-0.05, 0) is 49.9 Å². The van der Waals surface area contributed by atoms with Gasteiger partial charge in [-0.3, -0.25) is 9.36 Å². The number of hydrogen-bond donors (Lipinski definition) is 0. The Kier molecular flexibility index (Phi) is 5.42. The molecule has 3 heterocycles. The minimum atomic E-state index is -0.372. The van der Waals surface area contributed by atoms with E-state index in [-0.39, 0.29) is 11.2 Å². The summed E-state index contributed by atoms with van der Waals surface area (Å²) in [5.74, 6) is 0.503. The zero-order valence-corrected chi connectivity index (χ0v) is 19.0. The van der Waals surface area contributed by atoms with Crippen LogP contribution in [0.15, 0.2) is 50.0 Å². The highest BCUT2D eigenvalue weighted by atomic mass is 32.2. The predicted molar refractivity (Wildman–Crippen MR) is 125 cm³/mol. The molecule has 0 unspecified atom stereocenters. The molecule has 4 rings (SSSR count). The van der Waals surface area contributed by atoms with Crippen LogP contribution in [0.5, 0.6) is 0 Å². The third-order valence-corrected chi connectivity index (χ3v) is 7.57. The van der Waals surface area contributed by atoms with Crippen molar-refractivity contribution in [3.63, 3.8) is 0 Å². The first-order chi connectivity index (χ1) is 14.3. The molecule has 0 aliphatic heterocycles. The fourth-order valence-electron chi connectivity index (χ4n) is 3.50. The van der Waals surface area contributed by atoms with Gasteiger partial charge in [-0.25, -0.2) is 9.78 Å². The Hall–Kier alpha value is -2.64. The lowest BCUT2D eigenvalue weighted by molar-refractivity contribution is 0.557. The average Bonchev–Trinajstić information content (AvgIpc) is 2.99. The minimum Gasteiger partial charge on any atom is -0.422 e. The molecule has 1 aromatic carbocycles. The number of nitrogens with zero attached hydrogens (tertiary/aromatic N) is 2. The van der Waals surface area contributed by atoms with Gasteiger partial charge in [-0.15, -0.1) is 17.9 Å². The molecule has 4 aromatic rings. The van der Waals surface area contributed by atoms with Gasteiger partial charge in [-0.1, -0.05) is 30.0 Å². The van der Waals surface area contributed by atoms with Gasteiger partial charge in [0.2, 0.25) is 0 Å². The van der Waals surface area contributed by atoms with E-state index in [2.05, 4.69) is 6.58 Å². The van der Waals surface area contributed by atoms with E-state index in [1.165, 1.54) is 29.2 Å². The van der Waals surface area contributed by atoms with Crippen LogP contribution >= 0.6 is 23.1 Å². The lowest BCUT2D eigenvalue weighted by atomic mass is 10.0. The third kappa shape index (κ3) is 3.42. The lowest BCUT2D eigenvalue weighted by Crippen LogP contribution is -2.22. The quantitative estimate of drug-likeness (QED) is 0.184. The minimum absolute atomic E-state index is 0.0480. The summed E-state index contributed by atoms with van der Waals surface area (Å²) in [5.41, 5.74) is 4.09. The molecule has 154 valence electrons. The number of thiophene rings is 1. The zero-order valence-electron chi connectivity index (χ0n) is 17.4. The van der Waals surface area contributed by atoms with Crippen molar-refractivity contribution in [1.82, 2.24) is 9.55 Å². The lowest BCUT2D eigenvalue weighted by Gasteiger charge is -2.12. The predicted octanol–water partition coefficient (Wildman–Crippen LogP) is 5.28. The Labute approximate surface area is 182 Å². The first-order valence-electron chi connectivity index (χ1n) is 9.59. The zero-order chi connectivity index (χ0) is 21.6. The van der Waals surface area contributed by atoms with Gasteiger partial charge in [0.15, 0.2) is 5.16 Å². The molecule has 5 nitrogen and oxygen atoms in total. The van der Waals surface area contributed by atoms with Gasteiger partial charge in [0.05, 0.1) is 5.39 Å². The van der Waals surface area contributed by atoms with E-state index in [1.807, 2.05) is 39.8 Å². The summed E-state index contributed by atoms with van der Waals surface area (Å²) in [6.07, 6.45) is 1.70. The van der Waals surface area contributed by atoms with Crippen molar-refractivity contribution in [1.29, 1.82) is 0 Å². The summed E-state index contributed by atoms with van der Waals surface area (Å²) in [6.45, 7) is 12.1. The maximum atomic E-state index is 13.1. The van der Waals surface area contributed by atoms with Crippen molar-refractivity contribution in [2.75, 3.05) is 0 Å². The van der Waals surface area contributed by atoms with E-state index in [9.17, 15) is 9.59 Å². The van der Waals surface area contributed by atoms with Crippen molar-refractivity contribution in [2.45, 2.75) is 45.1 Å². The third-order valence-electron chi connectivity index (χ3n) is 5.44. The van der Waals surface area contributed by atoms with Gasteiger partial charge in [-0.2, -0.15) is 0 Å². The molecule has 0 bridgehead atoms. The first kappa shape index (κ1) is 20.6. The monoisotopic (exact) mass is 438 g/mol. The Morgan fingerprint density at radius 3 is 2.70 bits per heavy atom. The molecule has 0 N–H and O–H groups in total. The summed E-state index contributed by atoms with van der Waals surface area (Å²) >= 11 is 2.98. The highest BCUT2D eigenvalue weighted by Crippen LogP contribution is 2.31. The summed E-state index contributed by atoms with van der Waals surface area (Å²) in [5, 5.41) is 2.21. The van der Waals surface area contributed by atoms with Crippen LogP contribution in [0.4, 0.5) is 0 Å². The highest BCUT2D eigenvalue weighted by Gasteiger charge is 2.17. The van der Waals surface area contributed by atoms with Crippen LogP contribution in [-0.2, 0) is 12.3 Å². The van der Waals surface area contributed by atoms with Crippen molar-refractivity contribution < 1.29 is 4.42 Å². The molecule has 0 radical (unpaired) electrons. The molecule has 30 heavy (non-hydrogen) atoms. The van der Waals surface area contributed by atoms with Gasteiger partial charge >= 0.3 is 5.63 Å². The fourth-order valence-corrected chi connectivity index (χ4v) is 5.57. The fraction of sp³-hybridized carbons (Fsp3) is 0.261. The Bertz CT molecular complexity index is 1430. The van der Waals surface area contributed by atoms with Crippen molar-refractivity contribution in [3.05, 3.63) is 78.8 Å². The van der Waals surface area contributed by atoms with Crippen LogP contribution in [0.3, 0.4) is 0 Å². The first-order valence-corrected chi connectivity index (χ1v) is 11.4. The van der Waals surface area contributed by atoms with Gasteiger partial charge in [0.1, 0.15) is 10.4 Å². The second-order valence-electron chi connectivity index (χ2n) is 7.33. The molecule has 0 amide bonds. The molecule has 0 fully saturated rings. The molecule has 0 saturated heterocycles. The molecular weight excluding hydrogens is 416 g/mol. The van der Waals surface area contributed by atoms with E-state index < -0.39 is 0 Å². The number of aryl methyl sites for hydroxylation is 4. The Balaban J connectivity index is 1.82. The number of fused-ring (bicyclic) bond motifs is 2. The van der Waals surface area contributed by atoms with E-state index in [0.29, 0.717) is 28.4 Å². The number of rotatable bonds is 5. The highest BCUT2D eigenvalue weighted by molar-refractivity contribution is 7.98.